The number of hydrogen-bond donors (Lipinski definition) is 0. The number of nitrogens with zero attached hydrogens (tertiary/aromatic N) is 3. The van der Waals surface area contributed by atoms with Gasteiger partial charge in [0.25, 0.3) is 0 Å². The maximum absolute atomic E-state index is 4.94. The molecule has 162 valence electrons. The highest BCUT2D eigenvalue weighted by Crippen LogP contribution is 2.33. The van der Waals surface area contributed by atoms with Crippen molar-refractivity contribution in [3.05, 3.63) is 47.8 Å². The molecule has 0 unspecified atom stereocenters. The van der Waals surface area contributed by atoms with Crippen molar-refractivity contribution < 1.29 is 0 Å². The van der Waals surface area contributed by atoms with Gasteiger partial charge in [-0.1, -0.05) is 90.4 Å². The van der Waals surface area contributed by atoms with Gasteiger partial charge in [-0.05, 0) is 30.7 Å². The molecule has 1 aliphatic rings. The maximum Gasteiger partial charge on any atom is 0.0987 e. The van der Waals surface area contributed by atoms with Gasteiger partial charge in [-0.15, -0.1) is 0 Å². The van der Waals surface area contributed by atoms with Crippen LogP contribution >= 0.6 is 0 Å². The van der Waals surface area contributed by atoms with E-state index in [1.54, 1.807) is 0 Å². The minimum absolute atomic E-state index is 0.899. The molecule has 1 aliphatic carbocycles. The lowest BCUT2D eigenvalue weighted by Gasteiger charge is -2.03. The first-order chi connectivity index (χ1) is 14.9. The van der Waals surface area contributed by atoms with Crippen LogP contribution in [0, 0.1) is 0 Å². The summed E-state index contributed by atoms with van der Waals surface area (Å²) >= 11 is 0. The summed E-state index contributed by atoms with van der Waals surface area (Å²) in [4.78, 5) is 14.0. The molecular weight excluding hydrogens is 366 g/mol. The first-order valence-corrected chi connectivity index (χ1v) is 12.4. The van der Waals surface area contributed by atoms with Crippen LogP contribution in [0.3, 0.4) is 0 Å². The van der Waals surface area contributed by atoms with Gasteiger partial charge in [0, 0.05) is 30.1 Å². The van der Waals surface area contributed by atoms with Crippen LogP contribution in [-0.4, -0.2) is 22.2 Å². The van der Waals surface area contributed by atoms with E-state index < -0.39 is 0 Å². The fraction of sp³-hybridized carbons (Fsp3) is 0.593. The molecule has 30 heavy (non-hydrogen) atoms. The largest absolute Gasteiger partial charge is 0.284 e. The molecule has 2 heterocycles. The summed E-state index contributed by atoms with van der Waals surface area (Å²) in [6, 6.07) is 8.22. The summed E-state index contributed by atoms with van der Waals surface area (Å²) in [6.45, 7) is 3.19. The Bertz CT molecular complexity index is 734. The summed E-state index contributed by atoms with van der Waals surface area (Å²) in [7, 11) is 0. The molecule has 0 aromatic carbocycles. The van der Waals surface area contributed by atoms with E-state index in [9.17, 15) is 0 Å². The van der Waals surface area contributed by atoms with Crippen LogP contribution in [0.1, 0.15) is 108 Å². The molecule has 2 aromatic heterocycles. The van der Waals surface area contributed by atoms with Gasteiger partial charge in [-0.3, -0.25) is 15.0 Å². The topological polar surface area (TPSA) is 38.1 Å². The molecule has 3 rings (SSSR count). The fourth-order valence-corrected chi connectivity index (χ4v) is 4.38. The molecule has 0 atom stereocenters. The Balaban J connectivity index is 1.25. The Morgan fingerprint density at radius 3 is 1.50 bits per heavy atom. The maximum atomic E-state index is 4.94. The summed E-state index contributed by atoms with van der Waals surface area (Å²) < 4.78 is 0. The van der Waals surface area contributed by atoms with Gasteiger partial charge >= 0.3 is 0 Å². The lowest BCUT2D eigenvalue weighted by molar-refractivity contribution is 0.536. The van der Waals surface area contributed by atoms with E-state index in [1.807, 2.05) is 24.5 Å². The zero-order chi connectivity index (χ0) is 20.9. The van der Waals surface area contributed by atoms with Crippen molar-refractivity contribution in [1.29, 1.82) is 0 Å². The van der Waals surface area contributed by atoms with E-state index in [2.05, 4.69) is 29.0 Å². The van der Waals surface area contributed by atoms with Crippen LogP contribution < -0.4 is 0 Å². The van der Waals surface area contributed by atoms with Crippen LogP contribution in [0.2, 0.25) is 0 Å². The second-order valence-electron chi connectivity index (χ2n) is 8.63. The van der Waals surface area contributed by atoms with Crippen LogP contribution in [0.15, 0.2) is 41.7 Å². The van der Waals surface area contributed by atoms with Gasteiger partial charge in [0.15, 0.2) is 0 Å². The van der Waals surface area contributed by atoms with Gasteiger partial charge in [0.2, 0.25) is 0 Å². The van der Waals surface area contributed by atoms with Crippen LogP contribution in [-0.2, 0) is 0 Å². The van der Waals surface area contributed by atoms with Crippen molar-refractivity contribution in [2.75, 3.05) is 6.54 Å². The third-order valence-corrected chi connectivity index (χ3v) is 6.13. The second kappa shape index (κ2) is 13.3. The average molecular weight is 406 g/mol. The third-order valence-electron chi connectivity index (χ3n) is 6.13. The molecular formula is C27H39N3. The monoisotopic (exact) mass is 405 g/mol. The Hall–Kier alpha value is -2.03. The Morgan fingerprint density at radius 2 is 1.03 bits per heavy atom. The number of unbranched alkanes of at least 4 members (excludes halogenated alkanes) is 13. The van der Waals surface area contributed by atoms with Gasteiger partial charge in [-0.2, -0.15) is 0 Å². The Morgan fingerprint density at radius 1 is 0.600 bits per heavy atom. The highest BCUT2D eigenvalue weighted by Gasteiger charge is 2.26. The van der Waals surface area contributed by atoms with Crippen molar-refractivity contribution in [2.24, 2.45) is 4.99 Å². The van der Waals surface area contributed by atoms with Crippen molar-refractivity contribution in [1.82, 2.24) is 9.97 Å². The molecule has 0 amide bonds. The number of aromatic nitrogens is 2. The zero-order valence-corrected chi connectivity index (χ0v) is 18.9. The molecule has 3 heteroatoms. The summed E-state index contributed by atoms with van der Waals surface area (Å²) in [6.07, 6.45) is 23.1. The van der Waals surface area contributed by atoms with Crippen LogP contribution in [0.4, 0.5) is 0 Å². The highest BCUT2D eigenvalue weighted by molar-refractivity contribution is 6.23. The fourth-order valence-electron chi connectivity index (χ4n) is 4.38. The van der Waals surface area contributed by atoms with E-state index in [0.717, 1.165) is 34.8 Å². The summed E-state index contributed by atoms with van der Waals surface area (Å²) in [5.74, 6) is 0. The van der Waals surface area contributed by atoms with Crippen molar-refractivity contribution in [3.8, 4) is 11.4 Å². The molecule has 3 nitrogen and oxygen atoms in total. The van der Waals surface area contributed by atoms with Crippen LogP contribution in [0.25, 0.3) is 11.4 Å². The molecule has 0 bridgehead atoms. The second-order valence-corrected chi connectivity index (χ2v) is 8.63. The molecule has 0 saturated carbocycles. The lowest BCUT2D eigenvalue weighted by Crippen LogP contribution is -2.00. The minimum Gasteiger partial charge on any atom is -0.284 e. The number of aliphatic imine (C=N–C) groups is 1. The Kier molecular flexibility index (Phi) is 10.0. The molecule has 0 spiro atoms. The number of rotatable bonds is 15. The number of fused-ring (bicyclic) bond motifs is 3. The lowest BCUT2D eigenvalue weighted by atomic mass is 10.0. The first-order valence-electron chi connectivity index (χ1n) is 12.4. The number of pyridine rings is 2. The SMILES string of the molecule is CCCCCCCCCCCCCCCCN=C1c2cccnc2-c2ncccc21. The Labute approximate surface area is 183 Å². The third kappa shape index (κ3) is 6.75. The van der Waals surface area contributed by atoms with Gasteiger partial charge in [-0.25, -0.2) is 0 Å². The van der Waals surface area contributed by atoms with Gasteiger partial charge in [0.1, 0.15) is 0 Å². The van der Waals surface area contributed by atoms with Crippen molar-refractivity contribution in [2.45, 2.75) is 96.8 Å². The first kappa shape index (κ1) is 22.7. The van der Waals surface area contributed by atoms with Crippen LogP contribution in [0.5, 0.6) is 0 Å². The van der Waals surface area contributed by atoms with E-state index in [-0.39, 0.29) is 0 Å². The molecule has 0 saturated heterocycles. The molecule has 2 aromatic rings. The molecule has 0 N–H and O–H groups in total. The quantitative estimate of drug-likeness (QED) is 0.242. The van der Waals surface area contributed by atoms with Crippen molar-refractivity contribution >= 4 is 5.71 Å². The predicted octanol–water partition coefficient (Wildman–Crippen LogP) is 7.78. The van der Waals surface area contributed by atoms with E-state index in [0.29, 0.717) is 0 Å². The highest BCUT2D eigenvalue weighted by atomic mass is 14.8. The molecule has 0 radical (unpaired) electrons. The summed E-state index contributed by atoms with van der Waals surface area (Å²) in [5.41, 5.74) is 5.31. The smallest absolute Gasteiger partial charge is 0.0987 e. The minimum atomic E-state index is 0.899. The molecule has 0 aliphatic heterocycles. The van der Waals surface area contributed by atoms with Gasteiger partial charge in [0.05, 0.1) is 17.1 Å². The van der Waals surface area contributed by atoms with E-state index in [4.69, 9.17) is 4.99 Å². The van der Waals surface area contributed by atoms with Crippen molar-refractivity contribution in [3.63, 3.8) is 0 Å². The predicted molar refractivity (Wildman–Crippen MR) is 128 cm³/mol. The summed E-state index contributed by atoms with van der Waals surface area (Å²) in [5, 5.41) is 0. The van der Waals surface area contributed by atoms with E-state index >= 15 is 0 Å². The zero-order valence-electron chi connectivity index (χ0n) is 18.9. The van der Waals surface area contributed by atoms with E-state index in [1.165, 1.54) is 89.9 Å². The average Bonchev–Trinajstić information content (AvgIpc) is 3.10. The standard InChI is InChI=1S/C27H39N3/c1-2-3-4-5-6-7-8-9-10-11-12-13-14-15-20-28-25-23-18-16-21-29-26(23)27-24(25)19-17-22-30-27/h16-19,21-22H,2-15,20H2,1H3. The normalized spacial score (nSPS) is 12.1. The molecule has 0 fully saturated rings. The van der Waals surface area contributed by atoms with Gasteiger partial charge < -0.3 is 0 Å². The number of hydrogen-bond acceptors (Lipinski definition) is 3.